The highest BCUT2D eigenvalue weighted by molar-refractivity contribution is 9.10. The van der Waals surface area contributed by atoms with Crippen molar-refractivity contribution >= 4 is 28.2 Å². The Morgan fingerprint density at radius 1 is 1.22 bits per heavy atom. The molecule has 0 spiro atoms. The van der Waals surface area contributed by atoms with Crippen LogP contribution in [0.25, 0.3) is 0 Å². The van der Waals surface area contributed by atoms with Gasteiger partial charge in [-0.3, -0.25) is 4.79 Å². The number of Topliss-reactive ketones (excluding diaryl/α,β-unsaturated/α-hetero) is 1. The molecule has 0 aliphatic rings. The van der Waals surface area contributed by atoms with E-state index in [0.717, 1.165) is 5.56 Å². The van der Waals surface area contributed by atoms with Crippen LogP contribution in [-0.4, -0.2) is 23.4 Å². The molecule has 2 rings (SSSR count). The van der Waals surface area contributed by atoms with Gasteiger partial charge >= 0.3 is 6.47 Å². The van der Waals surface area contributed by atoms with Crippen LogP contribution in [0.3, 0.4) is 0 Å². The van der Waals surface area contributed by atoms with Crippen LogP contribution >= 0.6 is 15.9 Å². The highest BCUT2D eigenvalue weighted by atomic mass is 79.9. The summed E-state index contributed by atoms with van der Waals surface area (Å²) >= 11 is 3.33. The van der Waals surface area contributed by atoms with Gasteiger partial charge in [0.05, 0.1) is 6.04 Å². The molecule has 0 fully saturated rings. The maximum absolute atomic E-state index is 12.6. The number of carbonyl (C=O) groups excluding carboxylic acids is 2. The fourth-order valence-corrected chi connectivity index (χ4v) is 2.68. The Balaban J connectivity index is 2.18. The number of nitrogens with two attached hydrogens (primary N) is 1. The number of phenolic OH excluding ortho intramolecular Hbond substituents is 1. The summed E-state index contributed by atoms with van der Waals surface area (Å²) in [6.07, 6.45) is -0.849. The largest absolute Gasteiger partial charge is 0.508 e. The monoisotopic (exact) mass is 376 g/mol. The van der Waals surface area contributed by atoms with Gasteiger partial charge in [-0.1, -0.05) is 46.3 Å². The maximum Gasteiger partial charge on any atom is 0.418 e. The van der Waals surface area contributed by atoms with Crippen LogP contribution in [-0.2, 0) is 20.7 Å². The molecule has 2 atom stereocenters. The molecule has 0 heterocycles. The zero-order chi connectivity index (χ0) is 16.8. The van der Waals surface area contributed by atoms with Gasteiger partial charge in [0.2, 0.25) is 0 Å². The van der Waals surface area contributed by atoms with Crippen molar-refractivity contribution in [3.05, 3.63) is 64.1 Å². The molecule has 3 N–H and O–H groups in total. The van der Waals surface area contributed by atoms with Crippen molar-refractivity contribution in [1.29, 1.82) is 0 Å². The quantitative estimate of drug-likeness (QED) is 0.774. The van der Waals surface area contributed by atoms with Crippen molar-refractivity contribution in [2.45, 2.75) is 18.6 Å². The summed E-state index contributed by atoms with van der Waals surface area (Å²) in [6.45, 7) is 1.32. The molecular weight excluding hydrogens is 362 g/mol. The van der Waals surface area contributed by atoms with Crippen LogP contribution < -0.4 is 5.73 Å². The first-order valence-corrected chi connectivity index (χ1v) is 7.66. The smallest absolute Gasteiger partial charge is 0.418 e. The SMILES string of the molecule is N[C@@H](Cc1ccc(O)cc1)C(=O)C(O[C]=O)c1ccccc1Br. The number of hydrogen-bond donors (Lipinski definition) is 2. The maximum atomic E-state index is 12.6. The average Bonchev–Trinajstić information content (AvgIpc) is 2.55. The highest BCUT2D eigenvalue weighted by Crippen LogP contribution is 2.27. The Labute approximate surface area is 142 Å². The fraction of sp³-hybridized carbons (Fsp3) is 0.176. The van der Waals surface area contributed by atoms with Gasteiger partial charge in [-0.05, 0) is 30.2 Å². The second-order valence-corrected chi connectivity index (χ2v) is 5.84. The van der Waals surface area contributed by atoms with Crippen LogP contribution in [0.15, 0.2) is 53.0 Å². The Morgan fingerprint density at radius 2 is 1.87 bits per heavy atom. The van der Waals surface area contributed by atoms with E-state index in [1.54, 1.807) is 36.4 Å². The Bertz CT molecular complexity index is 687. The summed E-state index contributed by atoms with van der Waals surface area (Å²) in [4.78, 5) is 23.2. The first kappa shape index (κ1) is 17.2. The molecule has 1 radical (unpaired) electrons. The summed E-state index contributed by atoms with van der Waals surface area (Å²) < 4.78 is 5.49. The van der Waals surface area contributed by atoms with Crippen LogP contribution in [0, 0.1) is 0 Å². The summed E-state index contributed by atoms with van der Waals surface area (Å²) in [5.41, 5.74) is 7.28. The molecule has 0 aromatic heterocycles. The molecule has 0 saturated carbocycles. The van der Waals surface area contributed by atoms with Crippen LogP contribution in [0.4, 0.5) is 0 Å². The number of hydrogen-bond acceptors (Lipinski definition) is 5. The van der Waals surface area contributed by atoms with E-state index in [2.05, 4.69) is 15.9 Å². The van der Waals surface area contributed by atoms with E-state index in [0.29, 0.717) is 10.0 Å². The number of halogens is 1. The minimum atomic E-state index is -1.12. The van der Waals surface area contributed by atoms with E-state index in [1.165, 1.54) is 18.6 Å². The number of carbonyl (C=O) groups is 1. The molecular formula is C17H15BrNO4. The lowest BCUT2D eigenvalue weighted by Crippen LogP contribution is -2.37. The first-order valence-electron chi connectivity index (χ1n) is 6.87. The van der Waals surface area contributed by atoms with Crippen LogP contribution in [0.2, 0.25) is 0 Å². The molecule has 0 saturated heterocycles. The molecule has 2 aromatic carbocycles. The van der Waals surface area contributed by atoms with E-state index in [4.69, 9.17) is 10.5 Å². The van der Waals surface area contributed by atoms with Crippen LogP contribution in [0.5, 0.6) is 5.75 Å². The Hall–Kier alpha value is -2.18. The number of phenols is 1. The molecule has 6 heteroatoms. The Morgan fingerprint density at radius 3 is 2.48 bits per heavy atom. The number of benzene rings is 2. The van der Waals surface area contributed by atoms with Crippen molar-refractivity contribution in [3.63, 3.8) is 0 Å². The molecule has 1 unspecified atom stereocenters. The van der Waals surface area contributed by atoms with Gasteiger partial charge in [0.15, 0.2) is 11.9 Å². The second kappa shape index (κ2) is 7.89. The van der Waals surface area contributed by atoms with Gasteiger partial charge in [0, 0.05) is 10.0 Å². The fourth-order valence-electron chi connectivity index (χ4n) is 2.19. The zero-order valence-corrected chi connectivity index (χ0v) is 13.7. The molecule has 2 aromatic rings. The molecule has 119 valence electrons. The first-order chi connectivity index (χ1) is 11.0. The standard InChI is InChI=1S/C17H15BrNO4/c18-14-4-2-1-3-13(14)17(23-10-20)16(22)15(19)9-11-5-7-12(21)8-6-11/h1-8,15,17,21H,9,19H2/t15-,17?/m0/s1. The molecule has 0 amide bonds. The van der Waals surface area contributed by atoms with E-state index in [-0.39, 0.29) is 12.2 Å². The third-order valence-corrected chi connectivity index (χ3v) is 4.09. The van der Waals surface area contributed by atoms with Crippen molar-refractivity contribution in [2.75, 3.05) is 0 Å². The normalized spacial score (nSPS) is 13.1. The minimum absolute atomic E-state index is 0.138. The van der Waals surface area contributed by atoms with Crippen molar-refractivity contribution in [2.24, 2.45) is 5.73 Å². The zero-order valence-electron chi connectivity index (χ0n) is 12.1. The predicted octanol–water partition coefficient (Wildman–Crippen LogP) is 2.42. The van der Waals surface area contributed by atoms with E-state index < -0.39 is 17.9 Å². The van der Waals surface area contributed by atoms with Gasteiger partial charge in [-0.25, -0.2) is 4.79 Å². The highest BCUT2D eigenvalue weighted by Gasteiger charge is 2.29. The van der Waals surface area contributed by atoms with Gasteiger partial charge in [-0.2, -0.15) is 0 Å². The van der Waals surface area contributed by atoms with E-state index >= 15 is 0 Å². The summed E-state index contributed by atoms with van der Waals surface area (Å²) in [5.74, 6) is -0.285. The Kier molecular flexibility index (Phi) is 5.90. The lowest BCUT2D eigenvalue weighted by Gasteiger charge is -2.19. The summed E-state index contributed by atoms with van der Waals surface area (Å²) in [5, 5.41) is 9.27. The summed E-state index contributed by atoms with van der Waals surface area (Å²) in [7, 11) is 0. The molecule has 0 aliphatic heterocycles. The van der Waals surface area contributed by atoms with Gasteiger partial charge in [0.25, 0.3) is 0 Å². The second-order valence-electron chi connectivity index (χ2n) is 4.98. The lowest BCUT2D eigenvalue weighted by molar-refractivity contribution is -0.128. The van der Waals surface area contributed by atoms with Gasteiger partial charge in [0.1, 0.15) is 5.75 Å². The average molecular weight is 377 g/mol. The van der Waals surface area contributed by atoms with E-state index in [1.807, 2.05) is 0 Å². The predicted molar refractivity (Wildman–Crippen MR) is 88.5 cm³/mol. The van der Waals surface area contributed by atoms with Gasteiger partial charge in [-0.15, -0.1) is 0 Å². The topological polar surface area (TPSA) is 89.6 Å². The van der Waals surface area contributed by atoms with Crippen LogP contribution in [0.1, 0.15) is 17.2 Å². The molecule has 23 heavy (non-hydrogen) atoms. The third-order valence-electron chi connectivity index (χ3n) is 3.37. The number of aromatic hydroxyl groups is 1. The molecule has 5 nitrogen and oxygen atoms in total. The molecule has 0 aliphatic carbocycles. The number of ketones is 1. The van der Waals surface area contributed by atoms with E-state index in [9.17, 15) is 14.7 Å². The third kappa shape index (κ3) is 4.40. The molecule has 0 bridgehead atoms. The summed E-state index contributed by atoms with van der Waals surface area (Å²) in [6, 6.07) is 12.5. The lowest BCUT2D eigenvalue weighted by atomic mass is 9.96. The van der Waals surface area contributed by atoms with Gasteiger partial charge < -0.3 is 15.6 Å². The number of ether oxygens (including phenoxy) is 1. The minimum Gasteiger partial charge on any atom is -0.508 e. The van der Waals surface area contributed by atoms with Crippen molar-refractivity contribution in [3.8, 4) is 5.75 Å². The van der Waals surface area contributed by atoms with Crippen molar-refractivity contribution < 1.29 is 19.4 Å². The van der Waals surface area contributed by atoms with Crippen molar-refractivity contribution in [1.82, 2.24) is 0 Å². The number of rotatable bonds is 7.